The lowest BCUT2D eigenvalue weighted by Crippen LogP contribution is -2.38. The smallest absolute Gasteiger partial charge is 0.265 e. The van der Waals surface area contributed by atoms with E-state index in [1.54, 1.807) is 6.92 Å². The molecule has 0 saturated carbocycles. The molecule has 162 valence electrons. The highest BCUT2D eigenvalue weighted by molar-refractivity contribution is 6.38. The molecule has 0 atom stereocenters. The lowest BCUT2D eigenvalue weighted by atomic mass is 9.98. The van der Waals surface area contributed by atoms with Gasteiger partial charge in [-0.3, -0.25) is 9.79 Å². The summed E-state index contributed by atoms with van der Waals surface area (Å²) >= 11 is 0. The molecular formula is C24H35N5O. The number of amides is 1. The molecule has 2 rings (SSSR count). The Hall–Kier alpha value is -2.73. The zero-order valence-corrected chi connectivity index (χ0v) is 18.9. The second-order valence-electron chi connectivity index (χ2n) is 7.91. The SMILES string of the molecule is C=CN=C(C)/C(N=C(C)C(=O)NCC1CCNCC1)=C(\C)Nc1ccc(C)cc1C. The first-order valence-corrected chi connectivity index (χ1v) is 10.6. The summed E-state index contributed by atoms with van der Waals surface area (Å²) in [4.78, 5) is 21.5. The van der Waals surface area contributed by atoms with Crippen LogP contribution in [0.25, 0.3) is 0 Å². The number of allylic oxidation sites excluding steroid dienone is 2. The minimum atomic E-state index is -0.142. The molecule has 0 radical (unpaired) electrons. The number of carbonyl (C=O) groups is 1. The quantitative estimate of drug-likeness (QED) is 0.565. The monoisotopic (exact) mass is 409 g/mol. The van der Waals surface area contributed by atoms with E-state index >= 15 is 0 Å². The van der Waals surface area contributed by atoms with Crippen molar-refractivity contribution in [3.63, 3.8) is 0 Å². The van der Waals surface area contributed by atoms with E-state index < -0.39 is 0 Å². The number of piperidine rings is 1. The molecule has 1 amide bonds. The number of nitrogens with zero attached hydrogens (tertiary/aromatic N) is 2. The number of hydrogen-bond donors (Lipinski definition) is 3. The van der Waals surface area contributed by atoms with E-state index in [1.807, 2.05) is 19.9 Å². The highest BCUT2D eigenvalue weighted by Crippen LogP contribution is 2.20. The van der Waals surface area contributed by atoms with Gasteiger partial charge in [0.15, 0.2) is 0 Å². The van der Waals surface area contributed by atoms with Crippen LogP contribution < -0.4 is 16.0 Å². The van der Waals surface area contributed by atoms with E-state index in [4.69, 9.17) is 0 Å². The van der Waals surface area contributed by atoms with Crippen molar-refractivity contribution in [1.29, 1.82) is 0 Å². The number of aryl methyl sites for hydroxylation is 2. The number of anilines is 1. The van der Waals surface area contributed by atoms with Crippen molar-refractivity contribution in [3.05, 3.63) is 53.5 Å². The molecule has 0 aromatic heterocycles. The number of nitrogens with one attached hydrogen (secondary N) is 3. The number of hydrogen-bond acceptors (Lipinski definition) is 5. The molecule has 0 spiro atoms. The molecule has 1 aromatic rings. The van der Waals surface area contributed by atoms with Crippen molar-refractivity contribution < 1.29 is 4.79 Å². The van der Waals surface area contributed by atoms with E-state index in [0.717, 1.165) is 42.9 Å². The summed E-state index contributed by atoms with van der Waals surface area (Å²) in [6.45, 7) is 16.1. The van der Waals surface area contributed by atoms with E-state index in [2.05, 4.69) is 58.5 Å². The summed E-state index contributed by atoms with van der Waals surface area (Å²) in [6.07, 6.45) is 3.67. The van der Waals surface area contributed by atoms with Gasteiger partial charge >= 0.3 is 0 Å². The van der Waals surface area contributed by atoms with Gasteiger partial charge in [-0.05, 0) is 78.1 Å². The molecule has 0 bridgehead atoms. The van der Waals surface area contributed by atoms with Crippen LogP contribution in [0.1, 0.15) is 44.7 Å². The molecule has 1 heterocycles. The van der Waals surface area contributed by atoms with E-state index in [-0.39, 0.29) is 5.91 Å². The summed E-state index contributed by atoms with van der Waals surface area (Å²) in [7, 11) is 0. The van der Waals surface area contributed by atoms with Crippen molar-refractivity contribution in [3.8, 4) is 0 Å². The average molecular weight is 410 g/mol. The van der Waals surface area contributed by atoms with Gasteiger partial charge < -0.3 is 16.0 Å². The van der Waals surface area contributed by atoms with Gasteiger partial charge in [0.1, 0.15) is 11.4 Å². The molecule has 0 aliphatic carbocycles. The fraction of sp³-hybridized carbons (Fsp3) is 0.458. The van der Waals surface area contributed by atoms with E-state index in [9.17, 15) is 4.79 Å². The van der Waals surface area contributed by atoms with E-state index in [1.165, 1.54) is 11.8 Å². The topological polar surface area (TPSA) is 77.9 Å². The van der Waals surface area contributed by atoms with Crippen LogP contribution in [-0.2, 0) is 4.79 Å². The first-order valence-electron chi connectivity index (χ1n) is 10.6. The third-order valence-electron chi connectivity index (χ3n) is 5.31. The Morgan fingerprint density at radius 2 is 1.90 bits per heavy atom. The van der Waals surface area contributed by atoms with Crippen LogP contribution in [0.15, 0.2) is 52.4 Å². The molecule has 1 aromatic carbocycles. The molecule has 1 aliphatic heterocycles. The third-order valence-corrected chi connectivity index (χ3v) is 5.31. The van der Waals surface area contributed by atoms with Crippen LogP contribution in [-0.4, -0.2) is 37.0 Å². The summed E-state index contributed by atoms with van der Waals surface area (Å²) < 4.78 is 0. The summed E-state index contributed by atoms with van der Waals surface area (Å²) in [6, 6.07) is 6.24. The van der Waals surface area contributed by atoms with Crippen LogP contribution >= 0.6 is 0 Å². The van der Waals surface area contributed by atoms with Gasteiger partial charge in [-0.2, -0.15) is 0 Å². The first kappa shape index (κ1) is 23.5. The lowest BCUT2D eigenvalue weighted by Gasteiger charge is -2.22. The second-order valence-corrected chi connectivity index (χ2v) is 7.91. The number of carbonyl (C=O) groups excluding carboxylic acids is 1. The molecule has 1 fully saturated rings. The minimum absolute atomic E-state index is 0.142. The standard InChI is InChI=1S/C24H35N5O/c1-7-26-18(4)23(19(5)28-22-9-8-16(2)14-17(22)3)29-20(6)24(30)27-15-21-10-12-25-13-11-21/h7-9,14,21,25,28H,1,10-13,15H2,2-6H3,(H,27,30)/b23-19-,26-18?,29-20?. The first-order chi connectivity index (χ1) is 14.3. The Bertz CT molecular complexity index is 860. The van der Waals surface area contributed by atoms with Gasteiger partial charge in [0.25, 0.3) is 5.91 Å². The van der Waals surface area contributed by atoms with Crippen LogP contribution in [0.3, 0.4) is 0 Å². The maximum Gasteiger partial charge on any atom is 0.265 e. The average Bonchev–Trinajstić information content (AvgIpc) is 2.72. The molecule has 6 nitrogen and oxygen atoms in total. The number of benzene rings is 1. The predicted molar refractivity (Wildman–Crippen MR) is 127 cm³/mol. The van der Waals surface area contributed by atoms with Gasteiger partial charge in [0.05, 0.1) is 5.71 Å². The Morgan fingerprint density at radius 3 is 2.53 bits per heavy atom. The molecule has 0 unspecified atom stereocenters. The lowest BCUT2D eigenvalue weighted by molar-refractivity contribution is -0.115. The molecule has 3 N–H and O–H groups in total. The zero-order valence-electron chi connectivity index (χ0n) is 18.9. The highest BCUT2D eigenvalue weighted by atomic mass is 16.1. The second kappa shape index (κ2) is 11.5. The van der Waals surface area contributed by atoms with Gasteiger partial charge in [0.2, 0.25) is 0 Å². The summed E-state index contributed by atoms with van der Waals surface area (Å²) in [5.74, 6) is 0.381. The van der Waals surface area contributed by atoms with Crippen molar-refractivity contribution in [2.24, 2.45) is 15.9 Å². The van der Waals surface area contributed by atoms with Crippen molar-refractivity contribution >= 4 is 23.0 Å². The molecule has 6 heteroatoms. The number of rotatable bonds is 8. The van der Waals surface area contributed by atoms with Crippen molar-refractivity contribution in [2.45, 2.75) is 47.5 Å². The van der Waals surface area contributed by atoms with Crippen molar-refractivity contribution in [2.75, 3.05) is 25.0 Å². The Morgan fingerprint density at radius 1 is 1.20 bits per heavy atom. The fourth-order valence-corrected chi connectivity index (χ4v) is 3.52. The largest absolute Gasteiger partial charge is 0.357 e. The zero-order chi connectivity index (χ0) is 22.1. The predicted octanol–water partition coefficient (Wildman–Crippen LogP) is 4.13. The Labute approximate surface area is 180 Å². The van der Waals surface area contributed by atoms with Gasteiger partial charge in [-0.1, -0.05) is 24.3 Å². The fourth-order valence-electron chi connectivity index (χ4n) is 3.52. The third kappa shape index (κ3) is 6.95. The summed E-state index contributed by atoms with van der Waals surface area (Å²) in [5.41, 5.74) is 5.95. The number of aliphatic imine (C=N–C) groups is 2. The normalized spacial score (nSPS) is 16.7. The Balaban J connectivity index is 2.21. The molecular weight excluding hydrogens is 374 g/mol. The van der Waals surface area contributed by atoms with Gasteiger partial charge in [0, 0.05) is 24.1 Å². The Kier molecular flexibility index (Phi) is 8.99. The molecule has 30 heavy (non-hydrogen) atoms. The van der Waals surface area contributed by atoms with Crippen LogP contribution in [0.2, 0.25) is 0 Å². The van der Waals surface area contributed by atoms with Crippen LogP contribution in [0.4, 0.5) is 5.69 Å². The maximum atomic E-state index is 12.6. The van der Waals surface area contributed by atoms with Gasteiger partial charge in [-0.15, -0.1) is 0 Å². The van der Waals surface area contributed by atoms with Crippen molar-refractivity contribution in [1.82, 2.24) is 10.6 Å². The van der Waals surface area contributed by atoms with Crippen LogP contribution in [0.5, 0.6) is 0 Å². The van der Waals surface area contributed by atoms with E-state index in [0.29, 0.717) is 29.6 Å². The summed E-state index contributed by atoms with van der Waals surface area (Å²) in [5, 5.41) is 9.80. The highest BCUT2D eigenvalue weighted by Gasteiger charge is 2.16. The van der Waals surface area contributed by atoms with Gasteiger partial charge in [-0.25, -0.2) is 4.99 Å². The molecule has 1 saturated heterocycles. The van der Waals surface area contributed by atoms with Crippen LogP contribution in [0, 0.1) is 19.8 Å². The molecule has 1 aliphatic rings. The minimum Gasteiger partial charge on any atom is -0.357 e. The maximum absolute atomic E-state index is 12.6.